The highest BCUT2D eigenvalue weighted by molar-refractivity contribution is 9.10. The molecule has 0 aliphatic rings. The summed E-state index contributed by atoms with van der Waals surface area (Å²) < 4.78 is 6.89. The topological polar surface area (TPSA) is 28.4 Å². The summed E-state index contributed by atoms with van der Waals surface area (Å²) in [4.78, 5) is 2.09. The van der Waals surface area contributed by atoms with E-state index in [2.05, 4.69) is 50.4 Å². The first-order chi connectivity index (χ1) is 10.1. The van der Waals surface area contributed by atoms with Gasteiger partial charge in [0.1, 0.15) is 11.3 Å². The average Bonchev–Trinajstić information content (AvgIpc) is 2.87. The first-order valence-corrected chi connectivity index (χ1v) is 7.61. The fraction of sp³-hybridized carbons (Fsp3) is 0.176. The number of rotatable bonds is 4. The summed E-state index contributed by atoms with van der Waals surface area (Å²) >= 11 is 3.52. The van der Waals surface area contributed by atoms with Gasteiger partial charge in [-0.05, 0) is 30.3 Å². The van der Waals surface area contributed by atoms with Crippen molar-refractivity contribution >= 4 is 38.3 Å². The van der Waals surface area contributed by atoms with Crippen LogP contribution in [0.4, 0.5) is 11.4 Å². The number of furan rings is 1. The second kappa shape index (κ2) is 5.82. The smallest absolute Gasteiger partial charge is 0.134 e. The summed E-state index contributed by atoms with van der Waals surface area (Å²) in [7, 11) is 4.07. The lowest BCUT2D eigenvalue weighted by Crippen LogP contribution is -2.12. The molecule has 0 bridgehead atoms. The van der Waals surface area contributed by atoms with Crippen molar-refractivity contribution in [2.75, 3.05) is 24.3 Å². The van der Waals surface area contributed by atoms with Crippen LogP contribution < -0.4 is 10.2 Å². The molecule has 0 atom stereocenters. The average molecular weight is 345 g/mol. The molecule has 3 rings (SSSR count). The van der Waals surface area contributed by atoms with Crippen LogP contribution in [0.2, 0.25) is 0 Å². The largest absolute Gasteiger partial charge is 0.459 e. The van der Waals surface area contributed by atoms with Crippen molar-refractivity contribution < 1.29 is 4.42 Å². The second-order valence-electron chi connectivity index (χ2n) is 5.16. The molecule has 1 N–H and O–H groups in total. The van der Waals surface area contributed by atoms with Crippen LogP contribution >= 0.6 is 15.9 Å². The van der Waals surface area contributed by atoms with Gasteiger partial charge in [0.25, 0.3) is 0 Å². The summed E-state index contributed by atoms with van der Waals surface area (Å²) in [5, 5.41) is 4.58. The van der Waals surface area contributed by atoms with Gasteiger partial charge in [-0.2, -0.15) is 0 Å². The molecule has 0 saturated heterocycles. The number of nitrogens with zero attached hydrogens (tertiary/aromatic N) is 1. The third-order valence-corrected chi connectivity index (χ3v) is 3.86. The van der Waals surface area contributed by atoms with Gasteiger partial charge in [0.05, 0.1) is 17.9 Å². The standard InChI is InChI=1S/C17H17BrN2O/c1-20(2)16-8-7-13(18)10-15(16)19-11-14-9-12-5-3-4-6-17(12)21-14/h3-10,19H,11H2,1-2H3. The van der Waals surface area contributed by atoms with Gasteiger partial charge < -0.3 is 14.6 Å². The van der Waals surface area contributed by atoms with Crippen LogP contribution in [-0.4, -0.2) is 14.1 Å². The van der Waals surface area contributed by atoms with Crippen LogP contribution in [0.1, 0.15) is 5.76 Å². The maximum atomic E-state index is 5.83. The number of benzene rings is 2. The predicted octanol–water partition coefficient (Wildman–Crippen LogP) is 4.87. The van der Waals surface area contributed by atoms with Crippen LogP contribution in [0.15, 0.2) is 57.4 Å². The van der Waals surface area contributed by atoms with Crippen molar-refractivity contribution in [1.82, 2.24) is 0 Å². The number of para-hydroxylation sites is 1. The number of fused-ring (bicyclic) bond motifs is 1. The Bertz CT molecular complexity index is 731. The van der Waals surface area contributed by atoms with Crippen molar-refractivity contribution in [3.8, 4) is 0 Å². The lowest BCUT2D eigenvalue weighted by molar-refractivity contribution is 0.559. The minimum atomic E-state index is 0.659. The molecule has 0 unspecified atom stereocenters. The van der Waals surface area contributed by atoms with Crippen molar-refractivity contribution in [2.45, 2.75) is 6.54 Å². The number of halogens is 1. The first kappa shape index (κ1) is 14.0. The van der Waals surface area contributed by atoms with E-state index in [0.29, 0.717) is 6.54 Å². The molecule has 0 aliphatic heterocycles. The molecule has 0 fully saturated rings. The molecule has 0 saturated carbocycles. The van der Waals surface area contributed by atoms with E-state index in [-0.39, 0.29) is 0 Å². The number of hydrogen-bond donors (Lipinski definition) is 1. The Kier molecular flexibility index (Phi) is 3.88. The van der Waals surface area contributed by atoms with E-state index in [1.807, 2.05) is 38.4 Å². The Morgan fingerprint density at radius 3 is 2.67 bits per heavy atom. The summed E-state index contributed by atoms with van der Waals surface area (Å²) in [6.45, 7) is 0.659. The van der Waals surface area contributed by atoms with E-state index in [1.54, 1.807) is 0 Å². The third kappa shape index (κ3) is 3.05. The highest BCUT2D eigenvalue weighted by Crippen LogP contribution is 2.29. The van der Waals surface area contributed by atoms with Gasteiger partial charge in [0.15, 0.2) is 0 Å². The number of nitrogens with one attached hydrogen (secondary N) is 1. The Morgan fingerprint density at radius 2 is 1.90 bits per heavy atom. The van der Waals surface area contributed by atoms with E-state index in [4.69, 9.17) is 4.42 Å². The Morgan fingerprint density at radius 1 is 1.10 bits per heavy atom. The monoisotopic (exact) mass is 344 g/mol. The van der Waals surface area contributed by atoms with Crippen molar-refractivity contribution in [3.63, 3.8) is 0 Å². The maximum Gasteiger partial charge on any atom is 0.134 e. The van der Waals surface area contributed by atoms with Crippen LogP contribution in [0, 0.1) is 0 Å². The molecular weight excluding hydrogens is 328 g/mol. The quantitative estimate of drug-likeness (QED) is 0.731. The maximum absolute atomic E-state index is 5.83. The van der Waals surface area contributed by atoms with E-state index in [9.17, 15) is 0 Å². The lowest BCUT2D eigenvalue weighted by atomic mass is 10.2. The van der Waals surface area contributed by atoms with E-state index in [0.717, 1.165) is 32.6 Å². The highest BCUT2D eigenvalue weighted by atomic mass is 79.9. The second-order valence-corrected chi connectivity index (χ2v) is 6.08. The van der Waals surface area contributed by atoms with Gasteiger partial charge in [-0.15, -0.1) is 0 Å². The summed E-state index contributed by atoms with van der Waals surface area (Å²) in [6.07, 6.45) is 0. The van der Waals surface area contributed by atoms with Crippen molar-refractivity contribution in [2.24, 2.45) is 0 Å². The van der Waals surface area contributed by atoms with Crippen LogP contribution in [0.25, 0.3) is 11.0 Å². The molecule has 3 aromatic rings. The minimum absolute atomic E-state index is 0.659. The third-order valence-electron chi connectivity index (χ3n) is 3.37. The fourth-order valence-electron chi connectivity index (χ4n) is 2.35. The van der Waals surface area contributed by atoms with Gasteiger partial charge in [0, 0.05) is 24.0 Å². The molecule has 0 radical (unpaired) electrons. The summed E-state index contributed by atoms with van der Waals surface area (Å²) in [5.74, 6) is 0.931. The van der Waals surface area contributed by atoms with E-state index < -0.39 is 0 Å². The normalized spacial score (nSPS) is 10.8. The van der Waals surface area contributed by atoms with E-state index >= 15 is 0 Å². The number of anilines is 2. The minimum Gasteiger partial charge on any atom is -0.459 e. The summed E-state index contributed by atoms with van der Waals surface area (Å²) in [5.41, 5.74) is 3.15. The van der Waals surface area contributed by atoms with Gasteiger partial charge in [-0.3, -0.25) is 0 Å². The Hall–Kier alpha value is -1.94. The summed E-state index contributed by atoms with van der Waals surface area (Å²) in [6, 6.07) is 16.4. The van der Waals surface area contributed by atoms with Crippen LogP contribution in [-0.2, 0) is 6.54 Å². The molecule has 4 heteroatoms. The van der Waals surface area contributed by atoms with Crippen LogP contribution in [0.3, 0.4) is 0 Å². The molecular formula is C17H17BrN2O. The lowest BCUT2D eigenvalue weighted by Gasteiger charge is -2.18. The van der Waals surface area contributed by atoms with Gasteiger partial charge in [0.2, 0.25) is 0 Å². The zero-order valence-corrected chi connectivity index (χ0v) is 13.6. The Balaban J connectivity index is 1.82. The van der Waals surface area contributed by atoms with E-state index in [1.165, 1.54) is 0 Å². The SMILES string of the molecule is CN(C)c1ccc(Br)cc1NCc1cc2ccccc2o1. The van der Waals surface area contributed by atoms with Crippen LogP contribution in [0.5, 0.6) is 0 Å². The predicted molar refractivity (Wildman–Crippen MR) is 92.0 cm³/mol. The molecule has 0 spiro atoms. The zero-order chi connectivity index (χ0) is 14.8. The number of hydrogen-bond acceptors (Lipinski definition) is 3. The molecule has 0 amide bonds. The molecule has 1 heterocycles. The highest BCUT2D eigenvalue weighted by Gasteiger charge is 2.07. The molecule has 1 aromatic heterocycles. The Labute approximate surface area is 132 Å². The molecule has 21 heavy (non-hydrogen) atoms. The van der Waals surface area contributed by atoms with Gasteiger partial charge in [-0.1, -0.05) is 34.1 Å². The fourth-order valence-corrected chi connectivity index (χ4v) is 2.71. The molecule has 108 valence electrons. The molecule has 2 aromatic carbocycles. The zero-order valence-electron chi connectivity index (χ0n) is 12.1. The van der Waals surface area contributed by atoms with Gasteiger partial charge >= 0.3 is 0 Å². The van der Waals surface area contributed by atoms with Crippen molar-refractivity contribution in [3.05, 3.63) is 58.8 Å². The van der Waals surface area contributed by atoms with Gasteiger partial charge in [-0.25, -0.2) is 0 Å². The molecule has 0 aliphatic carbocycles. The first-order valence-electron chi connectivity index (χ1n) is 6.82. The van der Waals surface area contributed by atoms with Crippen molar-refractivity contribution in [1.29, 1.82) is 0 Å². The molecule has 3 nitrogen and oxygen atoms in total.